The zero-order valence-corrected chi connectivity index (χ0v) is 9.36. The molecule has 0 heterocycles. The number of amides is 1. The lowest BCUT2D eigenvalue weighted by atomic mass is 10.3. The molecule has 78 valence electrons. The number of hydrogen-bond acceptors (Lipinski definition) is 3. The van der Waals surface area contributed by atoms with Crippen molar-refractivity contribution in [3.63, 3.8) is 0 Å². The van der Waals surface area contributed by atoms with Crippen LogP contribution in [0.1, 0.15) is 27.2 Å². The van der Waals surface area contributed by atoms with Gasteiger partial charge in [0.2, 0.25) is 5.91 Å². The third-order valence-corrected chi connectivity index (χ3v) is 2.71. The molecule has 0 aromatic carbocycles. The molecule has 0 saturated carbocycles. The molecular formula is C9H19NO2S. The first-order chi connectivity index (χ1) is 6.07. The van der Waals surface area contributed by atoms with E-state index in [-0.39, 0.29) is 23.8 Å². The first kappa shape index (κ1) is 12.8. The van der Waals surface area contributed by atoms with Crippen LogP contribution in [-0.2, 0) is 4.79 Å². The van der Waals surface area contributed by atoms with Crippen molar-refractivity contribution in [2.75, 3.05) is 12.4 Å². The van der Waals surface area contributed by atoms with Crippen LogP contribution in [0.3, 0.4) is 0 Å². The Morgan fingerprint density at radius 1 is 1.46 bits per heavy atom. The number of carbonyl (C=O) groups is 1. The fraction of sp³-hybridized carbons (Fsp3) is 0.889. The molecule has 0 aromatic rings. The van der Waals surface area contributed by atoms with Crippen LogP contribution in [-0.4, -0.2) is 34.7 Å². The summed E-state index contributed by atoms with van der Waals surface area (Å²) in [6, 6.07) is 0.202. The molecule has 0 radical (unpaired) electrons. The molecule has 0 fully saturated rings. The van der Waals surface area contributed by atoms with E-state index in [0.717, 1.165) is 12.2 Å². The Morgan fingerprint density at radius 2 is 2.08 bits per heavy atom. The second-order valence-electron chi connectivity index (χ2n) is 3.25. The van der Waals surface area contributed by atoms with Gasteiger partial charge in [-0.25, -0.2) is 0 Å². The number of hydrogen-bond donors (Lipinski definition) is 2. The molecule has 0 aliphatic rings. The highest BCUT2D eigenvalue weighted by Crippen LogP contribution is 2.11. The van der Waals surface area contributed by atoms with E-state index >= 15 is 0 Å². The number of carbonyl (C=O) groups excluding carboxylic acids is 1. The number of nitrogens with one attached hydrogen (secondary N) is 1. The lowest BCUT2D eigenvalue weighted by Crippen LogP contribution is -2.36. The van der Waals surface area contributed by atoms with Gasteiger partial charge in [0.15, 0.2) is 0 Å². The van der Waals surface area contributed by atoms with E-state index in [4.69, 9.17) is 5.11 Å². The topological polar surface area (TPSA) is 49.3 Å². The van der Waals surface area contributed by atoms with E-state index in [0.29, 0.717) is 0 Å². The molecule has 1 amide bonds. The first-order valence-corrected chi connectivity index (χ1v) is 5.65. The van der Waals surface area contributed by atoms with Gasteiger partial charge in [-0.15, -0.1) is 11.8 Å². The molecule has 4 heteroatoms. The largest absolute Gasteiger partial charge is 0.396 e. The van der Waals surface area contributed by atoms with Crippen LogP contribution in [0.15, 0.2) is 0 Å². The summed E-state index contributed by atoms with van der Waals surface area (Å²) in [4.78, 5) is 11.4. The maximum absolute atomic E-state index is 11.4. The zero-order valence-electron chi connectivity index (χ0n) is 8.54. The Labute approximate surface area is 84.3 Å². The Balaban J connectivity index is 3.57. The average Bonchev–Trinajstić information content (AvgIpc) is 2.03. The highest BCUT2D eigenvalue weighted by atomic mass is 32.2. The molecule has 1 unspecified atom stereocenters. The van der Waals surface area contributed by atoms with Crippen molar-refractivity contribution in [3.05, 3.63) is 0 Å². The molecule has 1 atom stereocenters. The molecule has 0 aromatic heterocycles. The van der Waals surface area contributed by atoms with Crippen LogP contribution in [0.25, 0.3) is 0 Å². The third-order valence-electron chi connectivity index (χ3n) is 1.47. The number of aliphatic hydroxyl groups is 1. The summed E-state index contributed by atoms with van der Waals surface area (Å²) in [7, 11) is 0. The summed E-state index contributed by atoms with van der Waals surface area (Å²) in [6.07, 6.45) is 0.754. The van der Waals surface area contributed by atoms with Gasteiger partial charge in [0, 0.05) is 12.6 Å². The predicted octanol–water partition coefficient (Wildman–Crippen LogP) is 1.02. The van der Waals surface area contributed by atoms with E-state index < -0.39 is 0 Å². The summed E-state index contributed by atoms with van der Waals surface area (Å²) in [5, 5.41) is 11.4. The molecule has 13 heavy (non-hydrogen) atoms. The smallest absolute Gasteiger partial charge is 0.233 e. The Bertz CT molecular complexity index is 151. The monoisotopic (exact) mass is 205 g/mol. The summed E-state index contributed by atoms with van der Waals surface area (Å²) < 4.78 is 0. The number of aliphatic hydroxyl groups excluding tert-OH is 1. The molecule has 0 rings (SSSR count). The number of thioether (sulfide) groups is 1. The maximum Gasteiger partial charge on any atom is 0.233 e. The van der Waals surface area contributed by atoms with Crippen LogP contribution in [0, 0.1) is 0 Å². The van der Waals surface area contributed by atoms with Crippen molar-refractivity contribution in [1.29, 1.82) is 0 Å². The van der Waals surface area contributed by atoms with E-state index in [1.54, 1.807) is 11.8 Å². The molecular weight excluding hydrogens is 186 g/mol. The Kier molecular flexibility index (Phi) is 7.09. The van der Waals surface area contributed by atoms with Gasteiger partial charge in [-0.05, 0) is 32.9 Å². The van der Waals surface area contributed by atoms with E-state index in [1.807, 2.05) is 20.8 Å². The minimum Gasteiger partial charge on any atom is -0.396 e. The van der Waals surface area contributed by atoms with Crippen molar-refractivity contribution in [2.45, 2.75) is 38.5 Å². The van der Waals surface area contributed by atoms with Gasteiger partial charge in [-0.2, -0.15) is 0 Å². The molecule has 0 saturated heterocycles. The van der Waals surface area contributed by atoms with Gasteiger partial charge < -0.3 is 10.4 Å². The van der Waals surface area contributed by atoms with Gasteiger partial charge in [0.05, 0.1) is 5.25 Å². The van der Waals surface area contributed by atoms with Crippen molar-refractivity contribution in [3.8, 4) is 0 Å². The molecule has 2 N–H and O–H groups in total. The Morgan fingerprint density at radius 3 is 2.54 bits per heavy atom. The molecule has 0 bridgehead atoms. The predicted molar refractivity (Wildman–Crippen MR) is 56.9 cm³/mol. The van der Waals surface area contributed by atoms with Crippen LogP contribution in [0.5, 0.6) is 0 Å². The summed E-state index contributed by atoms with van der Waals surface area (Å²) >= 11 is 1.58. The Hall–Kier alpha value is -0.220. The van der Waals surface area contributed by atoms with Gasteiger partial charge in [-0.1, -0.05) is 0 Å². The van der Waals surface area contributed by atoms with Gasteiger partial charge in [0.1, 0.15) is 0 Å². The molecule has 0 spiro atoms. The van der Waals surface area contributed by atoms with Crippen molar-refractivity contribution >= 4 is 17.7 Å². The summed E-state index contributed by atoms with van der Waals surface area (Å²) in [5.41, 5.74) is 0. The zero-order chi connectivity index (χ0) is 10.3. The second-order valence-corrected chi connectivity index (χ2v) is 4.70. The first-order valence-electron chi connectivity index (χ1n) is 4.60. The molecule has 0 aliphatic carbocycles. The highest BCUT2D eigenvalue weighted by molar-refractivity contribution is 8.00. The summed E-state index contributed by atoms with van der Waals surface area (Å²) in [5.74, 6) is 0.918. The number of rotatable bonds is 6. The standard InChI is InChI=1S/C9H19NO2S/c1-7(2)10-9(12)8(3)13-6-4-5-11/h7-8,11H,4-6H2,1-3H3,(H,10,12). The van der Waals surface area contributed by atoms with Crippen molar-refractivity contribution in [1.82, 2.24) is 5.32 Å². The van der Waals surface area contributed by atoms with Crippen molar-refractivity contribution in [2.24, 2.45) is 0 Å². The lowest BCUT2D eigenvalue weighted by Gasteiger charge is -2.13. The third kappa shape index (κ3) is 6.90. The average molecular weight is 205 g/mol. The van der Waals surface area contributed by atoms with Crippen molar-refractivity contribution < 1.29 is 9.90 Å². The minimum atomic E-state index is -0.0195. The van der Waals surface area contributed by atoms with Crippen LogP contribution in [0.4, 0.5) is 0 Å². The molecule has 3 nitrogen and oxygen atoms in total. The SMILES string of the molecule is CC(C)NC(=O)C(C)SCCCO. The lowest BCUT2D eigenvalue weighted by molar-refractivity contribution is -0.120. The highest BCUT2D eigenvalue weighted by Gasteiger charge is 2.12. The molecule has 0 aliphatic heterocycles. The van der Waals surface area contributed by atoms with E-state index in [2.05, 4.69) is 5.32 Å². The van der Waals surface area contributed by atoms with E-state index in [1.165, 1.54) is 0 Å². The van der Waals surface area contributed by atoms with Crippen LogP contribution >= 0.6 is 11.8 Å². The fourth-order valence-corrected chi connectivity index (χ4v) is 1.67. The van der Waals surface area contributed by atoms with E-state index in [9.17, 15) is 4.79 Å². The maximum atomic E-state index is 11.4. The minimum absolute atomic E-state index is 0.0195. The van der Waals surface area contributed by atoms with Gasteiger partial charge >= 0.3 is 0 Å². The normalized spacial score (nSPS) is 13.0. The fourth-order valence-electron chi connectivity index (χ4n) is 0.802. The van der Waals surface area contributed by atoms with Gasteiger partial charge in [-0.3, -0.25) is 4.79 Å². The summed E-state index contributed by atoms with van der Waals surface area (Å²) in [6.45, 7) is 5.98. The van der Waals surface area contributed by atoms with Crippen LogP contribution < -0.4 is 5.32 Å². The quantitative estimate of drug-likeness (QED) is 0.636. The second kappa shape index (κ2) is 7.21. The van der Waals surface area contributed by atoms with Crippen LogP contribution in [0.2, 0.25) is 0 Å². The van der Waals surface area contributed by atoms with Gasteiger partial charge in [0.25, 0.3) is 0 Å².